The van der Waals surface area contributed by atoms with Gasteiger partial charge in [0.1, 0.15) is 0 Å². The first-order valence-electron chi connectivity index (χ1n) is 5.68. The zero-order chi connectivity index (χ0) is 14.1. The molecule has 3 nitrogen and oxygen atoms in total. The van der Waals surface area contributed by atoms with E-state index in [0.29, 0.717) is 32.4 Å². The summed E-state index contributed by atoms with van der Waals surface area (Å²) in [5.41, 5.74) is 1.51. The van der Waals surface area contributed by atoms with Crippen LogP contribution in [0.5, 0.6) is 0 Å². The molecule has 0 aliphatic heterocycles. The first-order valence-corrected chi connectivity index (χ1v) is 6.82. The molecule has 3 aromatic rings. The van der Waals surface area contributed by atoms with Gasteiger partial charge in [0.25, 0.3) is 0 Å². The van der Waals surface area contributed by atoms with Crippen LogP contribution in [0.25, 0.3) is 22.9 Å². The van der Waals surface area contributed by atoms with Crippen molar-refractivity contribution >= 4 is 34.8 Å². The highest BCUT2D eigenvalue weighted by Crippen LogP contribution is 2.29. The van der Waals surface area contributed by atoms with Gasteiger partial charge in [-0.3, -0.25) is 0 Å². The van der Waals surface area contributed by atoms with Crippen LogP contribution in [0.1, 0.15) is 0 Å². The van der Waals surface area contributed by atoms with Gasteiger partial charge in [0.2, 0.25) is 11.8 Å². The normalized spacial score (nSPS) is 10.8. The summed E-state index contributed by atoms with van der Waals surface area (Å²) in [5, 5.41) is 9.58. The third-order valence-electron chi connectivity index (χ3n) is 2.68. The molecule has 1 heterocycles. The molecule has 0 radical (unpaired) electrons. The zero-order valence-electron chi connectivity index (χ0n) is 9.98. The van der Waals surface area contributed by atoms with Crippen LogP contribution in [0.4, 0.5) is 0 Å². The summed E-state index contributed by atoms with van der Waals surface area (Å²) in [5.74, 6) is 0.802. The molecule has 1 aromatic heterocycles. The smallest absolute Gasteiger partial charge is 0.248 e. The third kappa shape index (κ3) is 2.66. The Kier molecular flexibility index (Phi) is 3.66. The van der Waals surface area contributed by atoms with Crippen molar-refractivity contribution in [2.45, 2.75) is 0 Å². The van der Waals surface area contributed by atoms with Gasteiger partial charge in [-0.05, 0) is 42.5 Å². The SMILES string of the molecule is Clc1ccc(-c2nnc(-c3ccc(Cl)c(Cl)c3)o2)cc1. The van der Waals surface area contributed by atoms with Crippen LogP contribution in [0.15, 0.2) is 46.9 Å². The minimum Gasteiger partial charge on any atom is -0.416 e. The predicted octanol–water partition coefficient (Wildman–Crippen LogP) is 5.36. The molecule has 0 saturated carbocycles. The maximum absolute atomic E-state index is 5.97. The van der Waals surface area contributed by atoms with E-state index >= 15 is 0 Å². The highest BCUT2D eigenvalue weighted by Gasteiger charge is 2.11. The molecule has 0 spiro atoms. The van der Waals surface area contributed by atoms with Crippen molar-refractivity contribution in [3.05, 3.63) is 57.5 Å². The van der Waals surface area contributed by atoms with Gasteiger partial charge in [-0.25, -0.2) is 0 Å². The summed E-state index contributed by atoms with van der Waals surface area (Å²) in [6, 6.07) is 12.3. The van der Waals surface area contributed by atoms with Crippen molar-refractivity contribution < 1.29 is 4.42 Å². The molecule has 0 aliphatic rings. The quantitative estimate of drug-likeness (QED) is 0.636. The van der Waals surface area contributed by atoms with E-state index in [4.69, 9.17) is 39.2 Å². The Hall–Kier alpha value is -1.55. The maximum atomic E-state index is 5.97. The summed E-state index contributed by atoms with van der Waals surface area (Å²) in [6.07, 6.45) is 0. The number of rotatable bonds is 2. The Balaban J connectivity index is 1.97. The molecule has 0 aliphatic carbocycles. The molecule has 6 heteroatoms. The summed E-state index contributed by atoms with van der Waals surface area (Å²) < 4.78 is 5.62. The van der Waals surface area contributed by atoms with Gasteiger partial charge in [-0.15, -0.1) is 10.2 Å². The van der Waals surface area contributed by atoms with Gasteiger partial charge in [-0.2, -0.15) is 0 Å². The van der Waals surface area contributed by atoms with Gasteiger partial charge in [0.05, 0.1) is 10.0 Å². The monoisotopic (exact) mass is 324 g/mol. The molecule has 0 amide bonds. The van der Waals surface area contributed by atoms with Gasteiger partial charge >= 0.3 is 0 Å². The number of halogens is 3. The Morgan fingerprint density at radius 3 is 1.95 bits per heavy atom. The van der Waals surface area contributed by atoms with Gasteiger partial charge in [-0.1, -0.05) is 34.8 Å². The maximum Gasteiger partial charge on any atom is 0.248 e. The third-order valence-corrected chi connectivity index (χ3v) is 3.67. The van der Waals surface area contributed by atoms with Crippen LogP contribution in [-0.4, -0.2) is 10.2 Å². The van der Waals surface area contributed by atoms with Crippen LogP contribution in [0.3, 0.4) is 0 Å². The van der Waals surface area contributed by atoms with E-state index in [1.807, 2.05) is 12.1 Å². The van der Waals surface area contributed by atoms with E-state index in [2.05, 4.69) is 10.2 Å². The van der Waals surface area contributed by atoms with Gasteiger partial charge in [0.15, 0.2) is 0 Å². The summed E-state index contributed by atoms with van der Waals surface area (Å²) in [4.78, 5) is 0. The number of hydrogen-bond donors (Lipinski definition) is 0. The van der Waals surface area contributed by atoms with Crippen LogP contribution in [0, 0.1) is 0 Å². The lowest BCUT2D eigenvalue weighted by molar-refractivity contribution is 0.584. The lowest BCUT2D eigenvalue weighted by Crippen LogP contribution is -1.78. The Morgan fingerprint density at radius 2 is 1.30 bits per heavy atom. The molecular weight excluding hydrogens is 319 g/mol. The van der Waals surface area contributed by atoms with Crippen molar-refractivity contribution in [1.29, 1.82) is 0 Å². The van der Waals surface area contributed by atoms with Gasteiger partial charge in [0, 0.05) is 16.1 Å². The van der Waals surface area contributed by atoms with E-state index in [-0.39, 0.29) is 0 Å². The van der Waals surface area contributed by atoms with Crippen molar-refractivity contribution in [2.75, 3.05) is 0 Å². The molecule has 2 aromatic carbocycles. The fraction of sp³-hybridized carbons (Fsp3) is 0. The molecule has 100 valence electrons. The molecular formula is C14H7Cl3N2O. The Labute approximate surface area is 130 Å². The Bertz CT molecular complexity index is 753. The van der Waals surface area contributed by atoms with Crippen LogP contribution in [-0.2, 0) is 0 Å². The molecule has 0 N–H and O–H groups in total. The van der Waals surface area contributed by atoms with E-state index in [1.54, 1.807) is 30.3 Å². The van der Waals surface area contributed by atoms with E-state index in [9.17, 15) is 0 Å². The van der Waals surface area contributed by atoms with E-state index in [1.165, 1.54) is 0 Å². The second-order valence-electron chi connectivity index (χ2n) is 4.05. The van der Waals surface area contributed by atoms with Crippen molar-refractivity contribution in [3.63, 3.8) is 0 Å². The fourth-order valence-corrected chi connectivity index (χ4v) is 2.10. The molecule has 0 unspecified atom stereocenters. The molecule has 0 atom stereocenters. The number of hydrogen-bond acceptors (Lipinski definition) is 3. The predicted molar refractivity (Wildman–Crippen MR) is 80.2 cm³/mol. The highest BCUT2D eigenvalue weighted by molar-refractivity contribution is 6.42. The topological polar surface area (TPSA) is 38.9 Å². The second kappa shape index (κ2) is 5.44. The molecule has 0 bridgehead atoms. The zero-order valence-corrected chi connectivity index (χ0v) is 12.2. The molecule has 0 fully saturated rings. The number of benzene rings is 2. The van der Waals surface area contributed by atoms with E-state index in [0.717, 1.165) is 5.56 Å². The standard InChI is InChI=1S/C14H7Cl3N2O/c15-10-4-1-8(2-5-10)13-18-19-14(20-13)9-3-6-11(16)12(17)7-9/h1-7H. The largest absolute Gasteiger partial charge is 0.416 e. The van der Waals surface area contributed by atoms with Crippen LogP contribution in [0.2, 0.25) is 15.1 Å². The number of aromatic nitrogens is 2. The summed E-state index contributed by atoms with van der Waals surface area (Å²) in [6.45, 7) is 0. The van der Waals surface area contributed by atoms with Crippen LogP contribution < -0.4 is 0 Å². The van der Waals surface area contributed by atoms with Crippen LogP contribution >= 0.6 is 34.8 Å². The lowest BCUT2D eigenvalue weighted by atomic mass is 10.2. The molecule has 20 heavy (non-hydrogen) atoms. The van der Waals surface area contributed by atoms with E-state index < -0.39 is 0 Å². The highest BCUT2D eigenvalue weighted by atomic mass is 35.5. The van der Waals surface area contributed by atoms with Gasteiger partial charge < -0.3 is 4.42 Å². The molecule has 3 rings (SSSR count). The summed E-state index contributed by atoms with van der Waals surface area (Å²) in [7, 11) is 0. The first kappa shape index (κ1) is 13.4. The minimum absolute atomic E-state index is 0.383. The average Bonchev–Trinajstić information content (AvgIpc) is 2.92. The molecule has 0 saturated heterocycles. The average molecular weight is 326 g/mol. The second-order valence-corrected chi connectivity index (χ2v) is 5.30. The van der Waals surface area contributed by atoms with Crippen molar-refractivity contribution in [2.24, 2.45) is 0 Å². The lowest BCUT2D eigenvalue weighted by Gasteiger charge is -1.98. The Morgan fingerprint density at radius 1 is 0.700 bits per heavy atom. The van der Waals surface area contributed by atoms with Crippen molar-refractivity contribution in [1.82, 2.24) is 10.2 Å². The first-order chi connectivity index (χ1) is 9.63. The summed E-state index contributed by atoms with van der Waals surface area (Å²) >= 11 is 17.7. The minimum atomic E-state index is 0.383. The fourth-order valence-electron chi connectivity index (χ4n) is 1.68. The van der Waals surface area contributed by atoms with Crippen molar-refractivity contribution in [3.8, 4) is 22.9 Å². The number of nitrogens with zero attached hydrogens (tertiary/aromatic N) is 2.